The molecule has 2 nitrogen and oxygen atoms in total. The van der Waals surface area contributed by atoms with Crippen molar-refractivity contribution < 1.29 is 18.3 Å². The molecule has 2 unspecified atom stereocenters. The van der Waals surface area contributed by atoms with E-state index in [1.54, 1.807) is 0 Å². The Hall–Kier alpha value is -0.290. The average molecular weight is 239 g/mol. The third-order valence-corrected chi connectivity index (χ3v) is 3.32. The van der Waals surface area contributed by atoms with Gasteiger partial charge in [-0.25, -0.2) is 0 Å². The third kappa shape index (κ3) is 3.94. The molecule has 0 aromatic rings. The summed E-state index contributed by atoms with van der Waals surface area (Å²) in [5.41, 5.74) is 0. The molecule has 0 spiro atoms. The van der Waals surface area contributed by atoms with Crippen LogP contribution in [-0.4, -0.2) is 30.0 Å². The van der Waals surface area contributed by atoms with Gasteiger partial charge in [0.1, 0.15) is 0 Å². The van der Waals surface area contributed by atoms with E-state index < -0.39 is 12.1 Å². The molecule has 0 aromatic heterocycles. The van der Waals surface area contributed by atoms with Gasteiger partial charge in [-0.05, 0) is 25.7 Å². The summed E-state index contributed by atoms with van der Waals surface area (Å²) >= 11 is 0. The van der Waals surface area contributed by atoms with E-state index in [9.17, 15) is 13.2 Å². The van der Waals surface area contributed by atoms with Crippen LogP contribution in [-0.2, 0) is 0 Å². The van der Waals surface area contributed by atoms with Crippen molar-refractivity contribution in [3.05, 3.63) is 0 Å². The highest BCUT2D eigenvalue weighted by Gasteiger charge is 2.42. The SMILES string of the molecule is CC[C@H](CO)NC1CCCC(C(F)(F)F)C1. The first-order chi connectivity index (χ1) is 7.47. The summed E-state index contributed by atoms with van der Waals surface area (Å²) in [5.74, 6) is -1.17. The highest BCUT2D eigenvalue weighted by molar-refractivity contribution is 4.83. The van der Waals surface area contributed by atoms with E-state index in [0.29, 0.717) is 6.42 Å². The zero-order chi connectivity index (χ0) is 12.2. The number of hydrogen-bond acceptors (Lipinski definition) is 2. The monoisotopic (exact) mass is 239 g/mol. The fourth-order valence-electron chi connectivity index (χ4n) is 2.27. The highest BCUT2D eigenvalue weighted by atomic mass is 19.4. The van der Waals surface area contributed by atoms with Crippen molar-refractivity contribution in [3.63, 3.8) is 0 Å². The minimum absolute atomic E-state index is 0.0102. The maximum absolute atomic E-state index is 12.5. The van der Waals surface area contributed by atoms with Gasteiger partial charge in [0.15, 0.2) is 0 Å². The minimum Gasteiger partial charge on any atom is -0.395 e. The molecule has 0 aliphatic heterocycles. The molecule has 5 heteroatoms. The molecule has 1 saturated carbocycles. The fourth-order valence-corrected chi connectivity index (χ4v) is 2.27. The molecule has 0 amide bonds. The maximum Gasteiger partial charge on any atom is 0.391 e. The normalized spacial score (nSPS) is 29.1. The quantitative estimate of drug-likeness (QED) is 0.790. The number of aliphatic hydroxyl groups is 1. The zero-order valence-corrected chi connectivity index (χ0v) is 9.56. The van der Waals surface area contributed by atoms with Gasteiger partial charge in [-0.2, -0.15) is 13.2 Å². The van der Waals surface area contributed by atoms with Crippen LogP contribution < -0.4 is 5.32 Å². The first kappa shape index (κ1) is 13.8. The van der Waals surface area contributed by atoms with E-state index in [0.717, 1.165) is 12.8 Å². The molecule has 96 valence electrons. The lowest BCUT2D eigenvalue weighted by molar-refractivity contribution is -0.183. The molecular formula is C11H20F3NO. The second kappa shape index (κ2) is 5.87. The summed E-state index contributed by atoms with van der Waals surface area (Å²) in [7, 11) is 0. The fraction of sp³-hybridized carbons (Fsp3) is 1.00. The molecule has 1 aliphatic carbocycles. The molecule has 1 fully saturated rings. The summed E-state index contributed by atoms with van der Waals surface area (Å²) in [6, 6.07) is -0.172. The minimum atomic E-state index is -4.07. The molecule has 2 N–H and O–H groups in total. The maximum atomic E-state index is 12.5. The Kier molecular flexibility index (Phi) is 5.05. The number of hydrogen-bond donors (Lipinski definition) is 2. The summed E-state index contributed by atoms with van der Waals surface area (Å²) in [6.45, 7) is 1.90. The second-order valence-corrected chi connectivity index (χ2v) is 4.56. The largest absolute Gasteiger partial charge is 0.395 e. The average Bonchev–Trinajstić information content (AvgIpc) is 2.25. The molecular weight excluding hydrogens is 219 g/mol. The van der Waals surface area contributed by atoms with E-state index in [4.69, 9.17) is 5.11 Å². The lowest BCUT2D eigenvalue weighted by Gasteiger charge is -2.33. The van der Waals surface area contributed by atoms with Gasteiger partial charge in [-0.3, -0.25) is 0 Å². The van der Waals surface area contributed by atoms with Gasteiger partial charge < -0.3 is 10.4 Å². The summed E-state index contributed by atoms with van der Waals surface area (Å²) in [4.78, 5) is 0. The molecule has 16 heavy (non-hydrogen) atoms. The molecule has 3 atom stereocenters. The summed E-state index contributed by atoms with van der Waals surface area (Å²) in [5, 5.41) is 12.1. The van der Waals surface area contributed by atoms with Crippen LogP contribution in [0.5, 0.6) is 0 Å². The lowest BCUT2D eigenvalue weighted by atomic mass is 9.85. The molecule has 1 aliphatic rings. The molecule has 0 aromatic carbocycles. The van der Waals surface area contributed by atoms with Crippen LogP contribution in [0.2, 0.25) is 0 Å². The van der Waals surface area contributed by atoms with Gasteiger partial charge in [-0.15, -0.1) is 0 Å². The van der Waals surface area contributed by atoms with Gasteiger partial charge in [0, 0.05) is 12.1 Å². The van der Waals surface area contributed by atoms with Gasteiger partial charge in [0.2, 0.25) is 0 Å². The smallest absolute Gasteiger partial charge is 0.391 e. The van der Waals surface area contributed by atoms with Gasteiger partial charge >= 0.3 is 6.18 Å². The van der Waals surface area contributed by atoms with Crippen LogP contribution in [0.15, 0.2) is 0 Å². The second-order valence-electron chi connectivity index (χ2n) is 4.56. The number of nitrogens with one attached hydrogen (secondary N) is 1. The van der Waals surface area contributed by atoms with Crippen molar-refractivity contribution >= 4 is 0 Å². The number of aliphatic hydroxyl groups excluding tert-OH is 1. The summed E-state index contributed by atoms with van der Waals surface area (Å²) in [6.07, 6.45) is -1.53. The van der Waals surface area contributed by atoms with Gasteiger partial charge in [0.25, 0.3) is 0 Å². The lowest BCUT2D eigenvalue weighted by Crippen LogP contribution is -2.44. The van der Waals surface area contributed by atoms with Crippen LogP contribution in [0.25, 0.3) is 0 Å². The van der Waals surface area contributed by atoms with E-state index in [2.05, 4.69) is 5.32 Å². The first-order valence-electron chi connectivity index (χ1n) is 5.91. The Bertz CT molecular complexity index is 204. The molecule has 0 saturated heterocycles. The van der Waals surface area contributed by atoms with E-state index in [1.165, 1.54) is 0 Å². The predicted octanol–water partition coefficient (Wildman–Crippen LogP) is 2.47. The first-order valence-corrected chi connectivity index (χ1v) is 5.91. The Morgan fingerprint density at radius 3 is 2.56 bits per heavy atom. The molecule has 0 bridgehead atoms. The Morgan fingerprint density at radius 1 is 1.38 bits per heavy atom. The van der Waals surface area contributed by atoms with E-state index >= 15 is 0 Å². The Balaban J connectivity index is 2.44. The van der Waals surface area contributed by atoms with Gasteiger partial charge in [-0.1, -0.05) is 13.3 Å². The van der Waals surface area contributed by atoms with Crippen LogP contribution >= 0.6 is 0 Å². The zero-order valence-electron chi connectivity index (χ0n) is 9.56. The highest BCUT2D eigenvalue weighted by Crippen LogP contribution is 2.37. The van der Waals surface area contributed by atoms with Crippen molar-refractivity contribution in [2.45, 2.75) is 57.3 Å². The van der Waals surface area contributed by atoms with E-state index in [1.807, 2.05) is 6.92 Å². The van der Waals surface area contributed by atoms with Crippen LogP contribution in [0.4, 0.5) is 13.2 Å². The number of halogens is 3. The van der Waals surface area contributed by atoms with Crippen LogP contribution in [0.3, 0.4) is 0 Å². The van der Waals surface area contributed by atoms with Crippen molar-refractivity contribution in [2.24, 2.45) is 5.92 Å². The Labute approximate surface area is 94.2 Å². The standard InChI is InChI=1S/C11H20F3NO/c1-2-9(7-16)15-10-5-3-4-8(6-10)11(12,13)14/h8-10,15-16H,2-7H2,1H3/t8?,9-,10?/m1/s1. The van der Waals surface area contributed by atoms with Crippen LogP contribution in [0.1, 0.15) is 39.0 Å². The number of alkyl halides is 3. The topological polar surface area (TPSA) is 32.3 Å². The van der Waals surface area contributed by atoms with E-state index in [-0.39, 0.29) is 31.5 Å². The summed E-state index contributed by atoms with van der Waals surface area (Å²) < 4.78 is 37.6. The Morgan fingerprint density at radius 2 is 2.06 bits per heavy atom. The van der Waals surface area contributed by atoms with Crippen molar-refractivity contribution in [3.8, 4) is 0 Å². The van der Waals surface area contributed by atoms with Crippen LogP contribution in [0, 0.1) is 5.92 Å². The molecule has 0 heterocycles. The van der Waals surface area contributed by atoms with Gasteiger partial charge in [0.05, 0.1) is 12.5 Å². The van der Waals surface area contributed by atoms with Crippen molar-refractivity contribution in [2.75, 3.05) is 6.61 Å². The molecule has 1 rings (SSSR count). The molecule has 0 radical (unpaired) electrons. The number of rotatable bonds is 4. The van der Waals surface area contributed by atoms with Crippen molar-refractivity contribution in [1.29, 1.82) is 0 Å². The van der Waals surface area contributed by atoms with Crippen molar-refractivity contribution in [1.82, 2.24) is 5.32 Å². The predicted molar refractivity (Wildman–Crippen MR) is 56.1 cm³/mol. The third-order valence-electron chi connectivity index (χ3n) is 3.32.